The van der Waals surface area contributed by atoms with Gasteiger partial charge in [0.15, 0.2) is 11.6 Å². The highest BCUT2D eigenvalue weighted by Crippen LogP contribution is 2.14. The number of aryl methyl sites for hydroxylation is 1. The molecule has 1 fully saturated rings. The molecule has 1 aromatic carbocycles. The molecule has 0 radical (unpaired) electrons. The predicted molar refractivity (Wildman–Crippen MR) is 92.0 cm³/mol. The third-order valence-electron chi connectivity index (χ3n) is 3.80. The van der Waals surface area contributed by atoms with E-state index in [1.807, 2.05) is 11.8 Å². The lowest BCUT2D eigenvalue weighted by molar-refractivity contribution is 0.122. The molecule has 2 N–H and O–H groups in total. The second-order valence-corrected chi connectivity index (χ2v) is 5.84. The van der Waals surface area contributed by atoms with Gasteiger partial charge in [-0.1, -0.05) is 0 Å². The van der Waals surface area contributed by atoms with Gasteiger partial charge < -0.3 is 20.3 Å². The van der Waals surface area contributed by atoms with Crippen LogP contribution in [0.5, 0.6) is 0 Å². The SMILES string of the molecule is Cc1cc(CNC(=O)Nc2ccc(F)c(F)c2)nc(N2CCOCC2)n1. The normalized spacial score (nSPS) is 14.2. The summed E-state index contributed by atoms with van der Waals surface area (Å²) in [6.07, 6.45) is 0. The van der Waals surface area contributed by atoms with Gasteiger partial charge in [-0.05, 0) is 25.1 Å². The minimum Gasteiger partial charge on any atom is -0.378 e. The maximum Gasteiger partial charge on any atom is 0.319 e. The number of hydrogen-bond donors (Lipinski definition) is 2. The fraction of sp³-hybridized carbons (Fsp3) is 0.353. The first kappa shape index (κ1) is 18.0. The molecule has 2 heterocycles. The van der Waals surface area contributed by atoms with Crippen LogP contribution in [-0.2, 0) is 11.3 Å². The van der Waals surface area contributed by atoms with Crippen LogP contribution >= 0.6 is 0 Å². The van der Waals surface area contributed by atoms with Crippen molar-refractivity contribution in [2.45, 2.75) is 13.5 Å². The summed E-state index contributed by atoms with van der Waals surface area (Å²) in [6.45, 7) is 4.72. The van der Waals surface area contributed by atoms with E-state index < -0.39 is 17.7 Å². The zero-order valence-electron chi connectivity index (χ0n) is 14.3. The van der Waals surface area contributed by atoms with Crippen LogP contribution in [0.3, 0.4) is 0 Å². The summed E-state index contributed by atoms with van der Waals surface area (Å²) < 4.78 is 31.4. The molecular weight excluding hydrogens is 344 g/mol. The number of rotatable bonds is 4. The first-order valence-corrected chi connectivity index (χ1v) is 8.18. The Kier molecular flexibility index (Phi) is 5.57. The first-order valence-electron chi connectivity index (χ1n) is 8.18. The summed E-state index contributed by atoms with van der Waals surface area (Å²) >= 11 is 0. The number of anilines is 2. The van der Waals surface area contributed by atoms with Crippen molar-refractivity contribution < 1.29 is 18.3 Å². The lowest BCUT2D eigenvalue weighted by atomic mass is 10.3. The van der Waals surface area contributed by atoms with Gasteiger partial charge in [0.25, 0.3) is 0 Å². The van der Waals surface area contributed by atoms with Crippen molar-refractivity contribution in [3.05, 3.63) is 47.3 Å². The number of ether oxygens (including phenoxy) is 1. The highest BCUT2D eigenvalue weighted by molar-refractivity contribution is 5.89. The number of hydrogen-bond acceptors (Lipinski definition) is 5. The standard InChI is InChI=1S/C17H19F2N5O2/c1-11-8-13(22-16(21-11)24-4-6-26-7-5-24)10-20-17(25)23-12-2-3-14(18)15(19)9-12/h2-3,8-9H,4-7,10H2,1H3,(H2,20,23,25). The number of carbonyl (C=O) groups excluding carboxylic acids is 1. The van der Waals surface area contributed by atoms with Gasteiger partial charge in [-0.25, -0.2) is 23.5 Å². The second-order valence-electron chi connectivity index (χ2n) is 5.84. The summed E-state index contributed by atoms with van der Waals surface area (Å²) in [7, 11) is 0. The van der Waals surface area contributed by atoms with E-state index in [0.717, 1.165) is 17.8 Å². The molecule has 2 amide bonds. The van der Waals surface area contributed by atoms with Crippen molar-refractivity contribution in [1.29, 1.82) is 0 Å². The lowest BCUT2D eigenvalue weighted by Crippen LogP contribution is -2.37. The Morgan fingerprint density at radius 2 is 1.96 bits per heavy atom. The molecule has 7 nitrogen and oxygen atoms in total. The van der Waals surface area contributed by atoms with E-state index in [1.54, 1.807) is 6.07 Å². The molecule has 1 aromatic heterocycles. The molecular formula is C17H19F2N5O2. The molecule has 0 saturated carbocycles. The molecule has 1 aliphatic heterocycles. The van der Waals surface area contributed by atoms with E-state index in [9.17, 15) is 13.6 Å². The predicted octanol–water partition coefficient (Wildman–Crippen LogP) is 2.22. The number of morpholine rings is 1. The average Bonchev–Trinajstić information content (AvgIpc) is 2.63. The van der Waals surface area contributed by atoms with Gasteiger partial charge >= 0.3 is 6.03 Å². The number of amides is 2. The van der Waals surface area contributed by atoms with Gasteiger partial charge in [-0.2, -0.15) is 0 Å². The number of benzene rings is 1. The molecule has 0 spiro atoms. The largest absolute Gasteiger partial charge is 0.378 e. The Labute approximate surface area is 149 Å². The van der Waals surface area contributed by atoms with Crippen LogP contribution in [0.1, 0.15) is 11.4 Å². The molecule has 26 heavy (non-hydrogen) atoms. The number of halogens is 2. The van der Waals surface area contributed by atoms with Crippen LogP contribution in [-0.4, -0.2) is 42.3 Å². The monoisotopic (exact) mass is 363 g/mol. The van der Waals surface area contributed by atoms with Crippen molar-refractivity contribution in [2.24, 2.45) is 0 Å². The number of nitrogens with zero attached hydrogens (tertiary/aromatic N) is 3. The fourth-order valence-corrected chi connectivity index (χ4v) is 2.53. The van der Waals surface area contributed by atoms with Crippen molar-refractivity contribution in [2.75, 3.05) is 36.5 Å². The maximum absolute atomic E-state index is 13.2. The van der Waals surface area contributed by atoms with E-state index in [-0.39, 0.29) is 12.2 Å². The van der Waals surface area contributed by atoms with Gasteiger partial charge in [0.2, 0.25) is 5.95 Å². The van der Waals surface area contributed by atoms with Crippen LogP contribution < -0.4 is 15.5 Å². The number of urea groups is 1. The van der Waals surface area contributed by atoms with Gasteiger partial charge in [-0.3, -0.25) is 0 Å². The molecule has 0 unspecified atom stereocenters. The third-order valence-corrected chi connectivity index (χ3v) is 3.80. The Bertz CT molecular complexity index is 797. The van der Waals surface area contributed by atoms with Crippen LogP contribution in [0.4, 0.5) is 25.2 Å². The number of aromatic nitrogens is 2. The molecule has 9 heteroatoms. The van der Waals surface area contributed by atoms with Crippen molar-refractivity contribution in [3.8, 4) is 0 Å². The van der Waals surface area contributed by atoms with E-state index in [1.165, 1.54) is 6.07 Å². The van der Waals surface area contributed by atoms with Crippen molar-refractivity contribution in [3.63, 3.8) is 0 Å². The fourth-order valence-electron chi connectivity index (χ4n) is 2.53. The second kappa shape index (κ2) is 8.05. The summed E-state index contributed by atoms with van der Waals surface area (Å²) in [5, 5.41) is 5.08. The molecule has 1 saturated heterocycles. The van der Waals surface area contributed by atoms with Crippen molar-refractivity contribution in [1.82, 2.24) is 15.3 Å². The van der Waals surface area contributed by atoms with Crippen LogP contribution in [0.15, 0.2) is 24.3 Å². The van der Waals surface area contributed by atoms with Gasteiger partial charge in [-0.15, -0.1) is 0 Å². The Morgan fingerprint density at radius 3 is 2.69 bits per heavy atom. The number of nitrogens with one attached hydrogen (secondary N) is 2. The number of carbonyl (C=O) groups is 1. The maximum atomic E-state index is 13.2. The summed E-state index contributed by atoms with van der Waals surface area (Å²) in [6, 6.07) is 4.39. The van der Waals surface area contributed by atoms with Crippen LogP contribution in [0, 0.1) is 18.6 Å². The molecule has 0 atom stereocenters. The van der Waals surface area contributed by atoms with Gasteiger partial charge in [0.1, 0.15) is 0 Å². The average molecular weight is 363 g/mol. The van der Waals surface area contributed by atoms with Gasteiger partial charge in [0, 0.05) is 30.5 Å². The summed E-state index contributed by atoms with van der Waals surface area (Å²) in [5.74, 6) is -1.39. The van der Waals surface area contributed by atoms with E-state index in [0.29, 0.717) is 37.9 Å². The Balaban J connectivity index is 1.60. The molecule has 3 rings (SSSR count). The minimum atomic E-state index is -1.02. The van der Waals surface area contributed by atoms with E-state index in [2.05, 4.69) is 20.6 Å². The van der Waals surface area contributed by atoms with Crippen LogP contribution in [0.2, 0.25) is 0 Å². The Hall–Kier alpha value is -2.81. The first-order chi connectivity index (χ1) is 12.5. The van der Waals surface area contributed by atoms with E-state index in [4.69, 9.17) is 4.74 Å². The van der Waals surface area contributed by atoms with Crippen LogP contribution in [0.25, 0.3) is 0 Å². The minimum absolute atomic E-state index is 0.161. The van der Waals surface area contributed by atoms with Crippen molar-refractivity contribution >= 4 is 17.7 Å². The molecule has 138 valence electrons. The lowest BCUT2D eigenvalue weighted by Gasteiger charge is -2.27. The summed E-state index contributed by atoms with van der Waals surface area (Å²) in [5.41, 5.74) is 1.60. The topological polar surface area (TPSA) is 79.4 Å². The molecule has 1 aliphatic rings. The summed E-state index contributed by atoms with van der Waals surface area (Å²) in [4.78, 5) is 22.9. The highest BCUT2D eigenvalue weighted by atomic mass is 19.2. The highest BCUT2D eigenvalue weighted by Gasteiger charge is 2.15. The molecule has 0 aliphatic carbocycles. The molecule has 0 bridgehead atoms. The quantitative estimate of drug-likeness (QED) is 0.871. The molecule has 2 aromatic rings. The smallest absolute Gasteiger partial charge is 0.319 e. The zero-order valence-corrected chi connectivity index (χ0v) is 14.3. The van der Waals surface area contributed by atoms with E-state index >= 15 is 0 Å². The zero-order chi connectivity index (χ0) is 18.5. The van der Waals surface area contributed by atoms with Gasteiger partial charge in [0.05, 0.1) is 25.5 Å². The third kappa shape index (κ3) is 4.63. The Morgan fingerprint density at radius 1 is 1.19 bits per heavy atom.